The van der Waals surface area contributed by atoms with E-state index in [0.717, 1.165) is 23.1 Å². The van der Waals surface area contributed by atoms with Gasteiger partial charge in [-0.1, -0.05) is 22.0 Å². The Morgan fingerprint density at radius 1 is 1.53 bits per heavy atom. The lowest BCUT2D eigenvalue weighted by Crippen LogP contribution is -2.54. The fourth-order valence-electron chi connectivity index (χ4n) is 2.06. The molecule has 0 radical (unpaired) electrons. The van der Waals surface area contributed by atoms with Crippen LogP contribution in [0.4, 0.5) is 5.69 Å². The lowest BCUT2D eigenvalue weighted by Gasteiger charge is -2.34. The number of hydrogen-bond acceptors (Lipinski definition) is 3. The van der Waals surface area contributed by atoms with Crippen LogP contribution in [0.3, 0.4) is 0 Å². The Labute approximate surface area is 109 Å². The lowest BCUT2D eigenvalue weighted by atomic mass is 10.1. The van der Waals surface area contributed by atoms with Gasteiger partial charge in [-0.2, -0.15) is 0 Å². The van der Waals surface area contributed by atoms with E-state index in [1.807, 2.05) is 24.3 Å². The largest absolute Gasteiger partial charge is 0.360 e. The predicted octanol–water partition coefficient (Wildman–Crippen LogP) is 1.10. The minimum Gasteiger partial charge on any atom is -0.360 e. The first kappa shape index (κ1) is 12.4. The molecule has 3 N–H and O–H groups in total. The molecule has 1 aliphatic rings. The van der Waals surface area contributed by atoms with E-state index in [1.165, 1.54) is 0 Å². The Hall–Kier alpha value is -1.07. The zero-order valence-electron chi connectivity index (χ0n) is 9.53. The smallest absolute Gasteiger partial charge is 0.239 e. The number of anilines is 1. The second-order valence-corrected chi connectivity index (χ2v) is 5.12. The number of piperazine rings is 1. The van der Waals surface area contributed by atoms with Crippen LogP contribution in [-0.4, -0.2) is 31.6 Å². The third-order valence-electron chi connectivity index (χ3n) is 2.83. The van der Waals surface area contributed by atoms with Gasteiger partial charge in [0.1, 0.15) is 0 Å². The third kappa shape index (κ3) is 3.20. The molecule has 0 aliphatic carbocycles. The summed E-state index contributed by atoms with van der Waals surface area (Å²) in [6.07, 6.45) is 0.816. The Bertz CT molecular complexity index is 410. The fraction of sp³-hybridized carbons (Fsp3) is 0.417. The fourth-order valence-corrected chi connectivity index (χ4v) is 2.44. The van der Waals surface area contributed by atoms with E-state index in [2.05, 4.69) is 26.1 Å². The number of rotatable bonds is 3. The van der Waals surface area contributed by atoms with Gasteiger partial charge in [-0.15, -0.1) is 0 Å². The van der Waals surface area contributed by atoms with E-state index < -0.39 is 0 Å². The van der Waals surface area contributed by atoms with E-state index >= 15 is 0 Å². The van der Waals surface area contributed by atoms with Gasteiger partial charge in [-0.3, -0.25) is 4.79 Å². The van der Waals surface area contributed by atoms with Crippen molar-refractivity contribution in [2.24, 2.45) is 5.73 Å². The summed E-state index contributed by atoms with van der Waals surface area (Å²) in [5.74, 6) is 0.0645. The van der Waals surface area contributed by atoms with Gasteiger partial charge < -0.3 is 16.0 Å². The molecule has 0 bridgehead atoms. The van der Waals surface area contributed by atoms with Crippen LogP contribution in [0.25, 0.3) is 0 Å². The van der Waals surface area contributed by atoms with Crippen LogP contribution < -0.4 is 16.0 Å². The molecule has 1 fully saturated rings. The van der Waals surface area contributed by atoms with Crippen molar-refractivity contribution in [2.45, 2.75) is 12.5 Å². The molecule has 1 amide bonds. The molecule has 1 atom stereocenters. The van der Waals surface area contributed by atoms with Crippen LogP contribution in [0.15, 0.2) is 28.7 Å². The second kappa shape index (κ2) is 5.51. The van der Waals surface area contributed by atoms with E-state index in [9.17, 15) is 4.79 Å². The molecule has 92 valence electrons. The average Bonchev–Trinajstić information content (AvgIpc) is 2.28. The van der Waals surface area contributed by atoms with Crippen molar-refractivity contribution in [2.75, 3.05) is 24.5 Å². The van der Waals surface area contributed by atoms with E-state index in [0.29, 0.717) is 13.1 Å². The van der Waals surface area contributed by atoms with Gasteiger partial charge in [-0.25, -0.2) is 0 Å². The molecule has 1 heterocycles. The van der Waals surface area contributed by atoms with Crippen molar-refractivity contribution >= 4 is 27.5 Å². The quantitative estimate of drug-likeness (QED) is 0.878. The number of benzene rings is 1. The number of carbonyl (C=O) groups excluding carboxylic acids is 1. The summed E-state index contributed by atoms with van der Waals surface area (Å²) in [4.78, 5) is 13.7. The molecular formula is C12H16BrN3O. The summed E-state index contributed by atoms with van der Waals surface area (Å²) in [5.41, 5.74) is 6.60. The first-order valence-electron chi connectivity index (χ1n) is 5.69. The highest BCUT2D eigenvalue weighted by atomic mass is 79.9. The summed E-state index contributed by atoms with van der Waals surface area (Å²) in [5, 5.41) is 2.96. The Morgan fingerprint density at radius 2 is 2.35 bits per heavy atom. The van der Waals surface area contributed by atoms with Crippen molar-refractivity contribution < 1.29 is 4.79 Å². The summed E-state index contributed by atoms with van der Waals surface area (Å²) in [7, 11) is 0. The highest BCUT2D eigenvalue weighted by Gasteiger charge is 2.24. The van der Waals surface area contributed by atoms with E-state index in [1.54, 1.807) is 0 Å². The number of nitrogens with zero attached hydrogens (tertiary/aromatic N) is 1. The van der Waals surface area contributed by atoms with Crippen LogP contribution >= 0.6 is 15.9 Å². The lowest BCUT2D eigenvalue weighted by molar-refractivity contribution is -0.121. The zero-order valence-corrected chi connectivity index (χ0v) is 11.1. The first-order valence-corrected chi connectivity index (χ1v) is 6.48. The minimum atomic E-state index is 0.0645. The molecule has 4 nitrogen and oxygen atoms in total. The number of carbonyl (C=O) groups is 1. The van der Waals surface area contributed by atoms with Crippen LogP contribution in [0.1, 0.15) is 6.42 Å². The van der Waals surface area contributed by atoms with Gasteiger partial charge in [0.05, 0.1) is 6.54 Å². The summed E-state index contributed by atoms with van der Waals surface area (Å²) >= 11 is 3.44. The molecule has 0 saturated carbocycles. The second-order valence-electron chi connectivity index (χ2n) is 4.20. The number of hydrogen-bond donors (Lipinski definition) is 2. The molecule has 1 unspecified atom stereocenters. The molecule has 1 aliphatic heterocycles. The van der Waals surface area contributed by atoms with Crippen LogP contribution in [0.2, 0.25) is 0 Å². The minimum absolute atomic E-state index is 0.0645. The maximum absolute atomic E-state index is 11.6. The van der Waals surface area contributed by atoms with Gasteiger partial charge >= 0.3 is 0 Å². The Morgan fingerprint density at radius 3 is 3.06 bits per heavy atom. The monoisotopic (exact) mass is 297 g/mol. The summed E-state index contributed by atoms with van der Waals surface area (Å²) < 4.78 is 1.02. The van der Waals surface area contributed by atoms with Gasteiger partial charge in [0.15, 0.2) is 0 Å². The van der Waals surface area contributed by atoms with Gasteiger partial charge in [0.25, 0.3) is 0 Å². The zero-order chi connectivity index (χ0) is 12.3. The van der Waals surface area contributed by atoms with E-state index in [-0.39, 0.29) is 11.9 Å². The van der Waals surface area contributed by atoms with Gasteiger partial charge in [-0.05, 0) is 31.2 Å². The SMILES string of the molecule is NCCC1CN(c2cccc(Br)c2)CC(=O)N1. The van der Waals surface area contributed by atoms with Crippen molar-refractivity contribution in [3.63, 3.8) is 0 Å². The van der Waals surface area contributed by atoms with Crippen LogP contribution in [0, 0.1) is 0 Å². The molecule has 1 saturated heterocycles. The molecular weight excluding hydrogens is 282 g/mol. The number of nitrogens with two attached hydrogens (primary N) is 1. The molecule has 17 heavy (non-hydrogen) atoms. The highest BCUT2D eigenvalue weighted by molar-refractivity contribution is 9.10. The van der Waals surface area contributed by atoms with Gasteiger partial charge in [0, 0.05) is 22.7 Å². The number of halogens is 1. The Kier molecular flexibility index (Phi) is 4.02. The Balaban J connectivity index is 2.12. The molecule has 0 aromatic heterocycles. The maximum atomic E-state index is 11.6. The third-order valence-corrected chi connectivity index (χ3v) is 3.32. The summed E-state index contributed by atoms with van der Waals surface area (Å²) in [6, 6.07) is 8.15. The maximum Gasteiger partial charge on any atom is 0.239 e. The molecule has 0 spiro atoms. The number of amides is 1. The van der Waals surface area contributed by atoms with Crippen LogP contribution in [0.5, 0.6) is 0 Å². The van der Waals surface area contributed by atoms with Crippen LogP contribution in [-0.2, 0) is 4.79 Å². The first-order chi connectivity index (χ1) is 8.19. The molecule has 1 aromatic rings. The van der Waals surface area contributed by atoms with Crippen molar-refractivity contribution in [3.05, 3.63) is 28.7 Å². The van der Waals surface area contributed by atoms with Gasteiger partial charge in [0.2, 0.25) is 5.91 Å². The van der Waals surface area contributed by atoms with Crippen molar-refractivity contribution in [3.8, 4) is 0 Å². The normalized spacial score (nSPS) is 20.2. The molecule has 2 rings (SSSR count). The summed E-state index contributed by atoms with van der Waals surface area (Å²) in [6.45, 7) is 1.83. The number of nitrogens with one attached hydrogen (secondary N) is 1. The molecule has 5 heteroatoms. The predicted molar refractivity (Wildman–Crippen MR) is 72.0 cm³/mol. The molecule has 1 aromatic carbocycles. The van der Waals surface area contributed by atoms with Crippen molar-refractivity contribution in [1.29, 1.82) is 0 Å². The highest BCUT2D eigenvalue weighted by Crippen LogP contribution is 2.21. The standard InChI is InChI=1S/C12H16BrN3O/c13-9-2-1-3-11(6-9)16-7-10(4-5-14)15-12(17)8-16/h1-3,6,10H,4-5,7-8,14H2,(H,15,17). The topological polar surface area (TPSA) is 58.4 Å². The van der Waals surface area contributed by atoms with Crippen molar-refractivity contribution in [1.82, 2.24) is 5.32 Å². The average molecular weight is 298 g/mol. The van der Waals surface area contributed by atoms with E-state index in [4.69, 9.17) is 5.73 Å².